The van der Waals surface area contributed by atoms with Crippen molar-refractivity contribution in [1.29, 1.82) is 0 Å². The molecule has 0 bridgehead atoms. The van der Waals surface area contributed by atoms with Gasteiger partial charge in [-0.3, -0.25) is 4.57 Å². The van der Waals surface area contributed by atoms with Crippen molar-refractivity contribution in [3.63, 3.8) is 0 Å². The summed E-state index contributed by atoms with van der Waals surface area (Å²) in [5, 5.41) is 14.0. The van der Waals surface area contributed by atoms with E-state index in [2.05, 4.69) is 56.3 Å². The third-order valence-electron chi connectivity index (χ3n) is 9.32. The molecule has 268 valence electrons. The monoisotopic (exact) mass is 730 g/mol. The molecule has 4 heterocycles. The van der Waals surface area contributed by atoms with Gasteiger partial charge in [-0.05, 0) is 67.1 Å². The van der Waals surface area contributed by atoms with E-state index < -0.39 is 5.79 Å². The smallest absolute Gasteiger partial charge is 0.350 e. The van der Waals surface area contributed by atoms with Gasteiger partial charge >= 0.3 is 5.69 Å². The first-order valence-electron chi connectivity index (χ1n) is 17.4. The number of hydrogen-bond acceptors (Lipinski definition) is 10. The van der Waals surface area contributed by atoms with Crippen molar-refractivity contribution in [3.05, 3.63) is 107 Å². The predicted octanol–water partition coefficient (Wildman–Crippen LogP) is 5.77. The molecule has 2 fully saturated rings. The highest BCUT2D eigenvalue weighted by molar-refractivity contribution is 7.99. The second-order valence-corrected chi connectivity index (χ2v) is 14.2. The summed E-state index contributed by atoms with van der Waals surface area (Å²) in [6.07, 6.45) is 6.27. The molecule has 51 heavy (non-hydrogen) atoms. The van der Waals surface area contributed by atoms with E-state index in [1.54, 1.807) is 17.2 Å². The summed E-state index contributed by atoms with van der Waals surface area (Å²) in [7, 11) is 1.91. The quantitative estimate of drug-likeness (QED) is 0.103. The largest absolute Gasteiger partial charge is 0.491 e. The van der Waals surface area contributed by atoms with Crippen molar-refractivity contribution < 1.29 is 14.2 Å². The SMILES string of the molecule is CCCCCn1cnn(-c2ccc(N3CCN(c4ccc(OCC5COC(CSc6nncn6C)(c6ccc(Cl)cc6)O5)cc4)CC3)cc2)c1=O. The van der Waals surface area contributed by atoms with Gasteiger partial charge in [-0.1, -0.05) is 55.3 Å². The lowest BCUT2D eigenvalue weighted by Gasteiger charge is -2.37. The number of rotatable bonds is 14. The number of halogens is 1. The van der Waals surface area contributed by atoms with Crippen molar-refractivity contribution in [1.82, 2.24) is 29.1 Å². The van der Waals surface area contributed by atoms with Gasteiger partial charge in [0.15, 0.2) is 5.16 Å². The first-order chi connectivity index (χ1) is 24.9. The van der Waals surface area contributed by atoms with Gasteiger partial charge in [0, 0.05) is 61.7 Å². The summed E-state index contributed by atoms with van der Waals surface area (Å²) in [6, 6.07) is 23.9. The van der Waals surface area contributed by atoms with E-state index in [9.17, 15) is 4.79 Å². The molecule has 14 heteroatoms. The minimum Gasteiger partial charge on any atom is -0.491 e. The average molecular weight is 731 g/mol. The highest BCUT2D eigenvalue weighted by Crippen LogP contribution is 2.39. The third-order valence-corrected chi connectivity index (χ3v) is 10.7. The molecule has 2 atom stereocenters. The van der Waals surface area contributed by atoms with E-state index in [-0.39, 0.29) is 11.8 Å². The highest BCUT2D eigenvalue weighted by Gasteiger charge is 2.44. The lowest BCUT2D eigenvalue weighted by Crippen LogP contribution is -2.46. The molecule has 12 nitrogen and oxygen atoms in total. The normalized spacial score (nSPS) is 19.2. The van der Waals surface area contributed by atoms with Crippen LogP contribution in [0.5, 0.6) is 5.75 Å². The Morgan fingerprint density at radius 3 is 2.22 bits per heavy atom. The second-order valence-electron chi connectivity index (χ2n) is 12.8. The molecule has 0 amide bonds. The molecule has 5 aromatic rings. The van der Waals surface area contributed by atoms with Crippen LogP contribution in [-0.2, 0) is 28.9 Å². The maximum atomic E-state index is 12.8. The standard InChI is InChI=1S/C37H43ClN8O4S/c1-3-4-5-18-45-27-40-46(36(45)47)32-12-10-30(11-13-32)43-19-21-44(22-20-43)31-14-16-33(17-15-31)48-23-34-24-49-37(50-34,28-6-8-29(38)9-7-28)25-51-35-41-39-26-42(35)2/h6-17,26-27,34H,3-5,18-25H2,1-2H3. The van der Waals surface area contributed by atoms with Crippen LogP contribution >= 0.6 is 23.4 Å². The van der Waals surface area contributed by atoms with E-state index in [1.807, 2.05) is 60.1 Å². The van der Waals surface area contributed by atoms with Crippen LogP contribution in [0, 0.1) is 0 Å². The Bertz CT molecular complexity index is 1920. The lowest BCUT2D eigenvalue weighted by molar-refractivity contribution is -0.160. The van der Waals surface area contributed by atoms with Crippen LogP contribution < -0.4 is 20.2 Å². The van der Waals surface area contributed by atoms with Crippen molar-refractivity contribution in [3.8, 4) is 11.4 Å². The molecule has 3 aromatic carbocycles. The first-order valence-corrected chi connectivity index (χ1v) is 18.8. The van der Waals surface area contributed by atoms with Crippen LogP contribution in [0.3, 0.4) is 0 Å². The molecular formula is C37H43ClN8O4S. The maximum absolute atomic E-state index is 12.8. The molecule has 0 N–H and O–H groups in total. The molecule has 0 radical (unpaired) electrons. The number of ether oxygens (including phenoxy) is 3. The zero-order valence-electron chi connectivity index (χ0n) is 28.9. The molecular weight excluding hydrogens is 688 g/mol. The van der Waals surface area contributed by atoms with Crippen LogP contribution in [0.25, 0.3) is 5.69 Å². The Kier molecular flexibility index (Phi) is 11.0. The Morgan fingerprint density at radius 1 is 0.902 bits per heavy atom. The van der Waals surface area contributed by atoms with Crippen LogP contribution in [0.4, 0.5) is 11.4 Å². The summed E-state index contributed by atoms with van der Waals surface area (Å²) >= 11 is 7.70. The van der Waals surface area contributed by atoms with Gasteiger partial charge < -0.3 is 28.6 Å². The fourth-order valence-corrected chi connectivity index (χ4v) is 7.51. The minimum atomic E-state index is -0.958. The summed E-state index contributed by atoms with van der Waals surface area (Å²) in [5.41, 5.74) is 3.88. The summed E-state index contributed by atoms with van der Waals surface area (Å²) in [5.74, 6) is 0.321. The number of thioether (sulfide) groups is 1. The molecule has 2 unspecified atom stereocenters. The lowest BCUT2D eigenvalue weighted by atomic mass is 10.1. The van der Waals surface area contributed by atoms with E-state index in [0.717, 1.165) is 79.0 Å². The Balaban J connectivity index is 0.901. The zero-order valence-corrected chi connectivity index (χ0v) is 30.5. The number of anilines is 2. The number of benzene rings is 3. The van der Waals surface area contributed by atoms with Crippen LogP contribution in [0.15, 0.2) is 95.4 Å². The topological polar surface area (TPSA) is 105 Å². The molecule has 2 aromatic heterocycles. The molecule has 0 spiro atoms. The van der Waals surface area contributed by atoms with Crippen LogP contribution in [-0.4, -0.2) is 80.4 Å². The van der Waals surface area contributed by atoms with Crippen molar-refractivity contribution in [2.24, 2.45) is 7.05 Å². The molecule has 2 saturated heterocycles. The molecule has 0 aliphatic carbocycles. The molecule has 2 aliphatic rings. The molecule has 0 saturated carbocycles. The first kappa shape index (κ1) is 35.1. The van der Waals surface area contributed by atoms with Gasteiger partial charge in [0.2, 0.25) is 5.79 Å². The fraction of sp³-hybridized carbons (Fsp3) is 0.405. The Hall–Kier alpha value is -4.30. The van der Waals surface area contributed by atoms with E-state index >= 15 is 0 Å². The summed E-state index contributed by atoms with van der Waals surface area (Å²) < 4.78 is 24.1. The Labute approximate surface area is 306 Å². The summed E-state index contributed by atoms with van der Waals surface area (Å²) in [4.78, 5) is 17.6. The van der Waals surface area contributed by atoms with Crippen LogP contribution in [0.2, 0.25) is 5.02 Å². The number of unbranched alkanes of at least 4 members (excludes halogenated alkanes) is 2. The number of nitrogens with zero attached hydrogens (tertiary/aromatic N) is 8. The van der Waals surface area contributed by atoms with Gasteiger partial charge in [-0.15, -0.1) is 10.2 Å². The van der Waals surface area contributed by atoms with Gasteiger partial charge in [-0.25, -0.2) is 4.79 Å². The van der Waals surface area contributed by atoms with Crippen molar-refractivity contribution >= 4 is 34.7 Å². The number of aromatic nitrogens is 6. The number of piperazine rings is 1. The minimum absolute atomic E-state index is 0.0919. The molecule has 7 rings (SSSR count). The summed E-state index contributed by atoms with van der Waals surface area (Å²) in [6.45, 7) is 7.20. The average Bonchev–Trinajstić information content (AvgIpc) is 3.89. The van der Waals surface area contributed by atoms with Crippen molar-refractivity contribution in [2.45, 2.75) is 49.8 Å². The number of aryl methyl sites for hydroxylation is 2. The predicted molar refractivity (Wildman–Crippen MR) is 199 cm³/mol. The van der Waals surface area contributed by atoms with E-state index in [0.29, 0.717) is 30.5 Å². The third kappa shape index (κ3) is 8.12. The van der Waals surface area contributed by atoms with Crippen molar-refractivity contribution in [2.75, 3.05) is 54.9 Å². The van der Waals surface area contributed by atoms with Gasteiger partial charge in [0.05, 0.1) is 18.0 Å². The van der Waals surface area contributed by atoms with Gasteiger partial charge in [0.1, 0.15) is 31.1 Å². The van der Waals surface area contributed by atoms with E-state index in [4.69, 9.17) is 25.8 Å². The maximum Gasteiger partial charge on any atom is 0.350 e. The highest BCUT2D eigenvalue weighted by atomic mass is 35.5. The van der Waals surface area contributed by atoms with Gasteiger partial charge in [0.25, 0.3) is 0 Å². The van der Waals surface area contributed by atoms with Crippen LogP contribution in [0.1, 0.15) is 31.7 Å². The Morgan fingerprint density at radius 2 is 1.57 bits per heavy atom. The number of hydrogen-bond donors (Lipinski definition) is 0. The molecule has 2 aliphatic heterocycles. The second kappa shape index (κ2) is 15.9. The van der Waals surface area contributed by atoms with Gasteiger partial charge in [-0.2, -0.15) is 9.78 Å². The zero-order chi connectivity index (χ0) is 35.2. The fourth-order valence-electron chi connectivity index (χ4n) is 6.39. The van der Waals surface area contributed by atoms with E-state index in [1.165, 1.54) is 16.4 Å².